The summed E-state index contributed by atoms with van der Waals surface area (Å²) in [6.45, 7) is 2.31. The lowest BCUT2D eigenvalue weighted by Crippen LogP contribution is -2.30. The maximum absolute atomic E-state index is 14.3. The number of esters is 1. The van der Waals surface area contributed by atoms with E-state index in [1.54, 1.807) is 6.92 Å². The molecule has 0 aliphatic heterocycles. The van der Waals surface area contributed by atoms with Gasteiger partial charge in [-0.25, -0.2) is 8.78 Å². The van der Waals surface area contributed by atoms with Crippen molar-refractivity contribution in [1.82, 2.24) is 0 Å². The summed E-state index contributed by atoms with van der Waals surface area (Å²) in [5, 5.41) is 18.3. The highest BCUT2D eigenvalue weighted by atomic mass is 19.2. The number of nitro groups is 1. The predicted molar refractivity (Wildman–Crippen MR) is 82.4 cm³/mol. The number of Topliss-reactive ketones (excluding diaryl/α,β-unsaturated/α-hetero) is 1. The van der Waals surface area contributed by atoms with Gasteiger partial charge in [0.15, 0.2) is 11.6 Å². The smallest absolute Gasteiger partial charge is 0.321 e. The van der Waals surface area contributed by atoms with Crippen molar-refractivity contribution in [3.63, 3.8) is 0 Å². The fourth-order valence-corrected chi connectivity index (χ4v) is 2.05. The van der Waals surface area contributed by atoms with Gasteiger partial charge in [0.25, 0.3) is 0 Å². The van der Waals surface area contributed by atoms with Crippen molar-refractivity contribution in [2.45, 2.75) is 20.3 Å². The van der Waals surface area contributed by atoms with Crippen molar-refractivity contribution in [2.24, 2.45) is 16.1 Å². The highest BCUT2D eigenvalue weighted by Gasteiger charge is 2.40. The molecule has 0 bridgehead atoms. The minimum atomic E-state index is -1.99. The molecule has 0 saturated heterocycles. The summed E-state index contributed by atoms with van der Waals surface area (Å²) in [5.41, 5.74) is -3.95. The van der Waals surface area contributed by atoms with Gasteiger partial charge >= 0.3 is 11.7 Å². The second kappa shape index (κ2) is 9.02. The third kappa shape index (κ3) is 4.21. The molecular formula is C15H16F3N3O5. The van der Waals surface area contributed by atoms with Crippen LogP contribution in [0.25, 0.3) is 0 Å². The molecule has 0 N–H and O–H groups in total. The van der Waals surface area contributed by atoms with Gasteiger partial charge in [0.1, 0.15) is 17.3 Å². The molecule has 0 spiro atoms. The van der Waals surface area contributed by atoms with E-state index in [-0.39, 0.29) is 0 Å². The highest BCUT2D eigenvalue weighted by molar-refractivity contribution is 6.11. The van der Waals surface area contributed by atoms with Crippen LogP contribution in [0.3, 0.4) is 0 Å². The van der Waals surface area contributed by atoms with Crippen molar-refractivity contribution >= 4 is 17.4 Å². The Balaban J connectivity index is 3.52. The Morgan fingerprint density at radius 1 is 1.19 bits per heavy atom. The van der Waals surface area contributed by atoms with Crippen molar-refractivity contribution in [1.29, 1.82) is 0 Å². The molecule has 1 atom stereocenters. The van der Waals surface area contributed by atoms with Gasteiger partial charge in [-0.1, -0.05) is 6.92 Å². The normalized spacial score (nSPS) is 12.2. The average Bonchev–Trinajstić information content (AvgIpc) is 2.61. The number of carbonyl (C=O) groups excluding carboxylic acids is 2. The summed E-state index contributed by atoms with van der Waals surface area (Å²) < 4.78 is 46.3. The number of methoxy groups -OCH3 is 1. The molecule has 0 saturated carbocycles. The Labute approximate surface area is 146 Å². The molecule has 142 valence electrons. The van der Waals surface area contributed by atoms with Gasteiger partial charge in [-0.05, 0) is 13.3 Å². The van der Waals surface area contributed by atoms with E-state index >= 15 is 0 Å². The van der Waals surface area contributed by atoms with E-state index in [0.717, 1.165) is 14.0 Å². The van der Waals surface area contributed by atoms with Crippen LogP contribution >= 0.6 is 0 Å². The lowest BCUT2D eigenvalue weighted by Gasteiger charge is -2.13. The van der Waals surface area contributed by atoms with Crippen LogP contribution < -0.4 is 0 Å². The number of nitrogens with zero attached hydrogens (tertiary/aromatic N) is 3. The summed E-state index contributed by atoms with van der Waals surface area (Å²) >= 11 is 0. The van der Waals surface area contributed by atoms with Crippen LogP contribution in [0.2, 0.25) is 0 Å². The van der Waals surface area contributed by atoms with Gasteiger partial charge in [-0.2, -0.15) is 14.6 Å². The van der Waals surface area contributed by atoms with Crippen molar-refractivity contribution in [3.8, 4) is 0 Å². The van der Waals surface area contributed by atoms with Gasteiger partial charge in [0, 0.05) is 5.56 Å². The van der Waals surface area contributed by atoms with Crippen LogP contribution in [0.1, 0.15) is 29.3 Å². The molecule has 1 rings (SSSR count). The number of hydrogen-bond acceptors (Lipinski definition) is 7. The summed E-state index contributed by atoms with van der Waals surface area (Å²) in [7, 11) is 0.938. The van der Waals surface area contributed by atoms with Crippen LogP contribution in [0, 0.1) is 40.4 Å². The summed E-state index contributed by atoms with van der Waals surface area (Å²) in [5.74, 6) is -9.81. The Morgan fingerprint density at radius 2 is 1.81 bits per heavy atom. The van der Waals surface area contributed by atoms with Crippen LogP contribution in [0.5, 0.6) is 0 Å². The third-order valence-corrected chi connectivity index (χ3v) is 3.43. The SMILES string of the molecule is CCCN=NCC(C(=O)OC)C(=O)c1c(F)c(C)c(F)c(F)c1[N+](=O)[O-]. The minimum absolute atomic E-state index is 0.293. The summed E-state index contributed by atoms with van der Waals surface area (Å²) in [6, 6.07) is 0. The van der Waals surface area contributed by atoms with Gasteiger partial charge in [0.2, 0.25) is 5.82 Å². The quantitative estimate of drug-likeness (QED) is 0.132. The van der Waals surface area contributed by atoms with Crippen LogP contribution in [-0.4, -0.2) is 36.9 Å². The highest BCUT2D eigenvalue weighted by Crippen LogP contribution is 2.32. The second-order valence-corrected chi connectivity index (χ2v) is 5.18. The number of nitro benzene ring substituents is 1. The first-order chi connectivity index (χ1) is 12.2. The first-order valence-corrected chi connectivity index (χ1v) is 7.45. The minimum Gasteiger partial charge on any atom is -0.468 e. The molecule has 1 unspecified atom stereocenters. The number of halogens is 3. The number of rotatable bonds is 8. The molecule has 0 aliphatic rings. The van der Waals surface area contributed by atoms with E-state index in [1.165, 1.54) is 0 Å². The first kappa shape index (κ1) is 21.2. The standard InChI is InChI=1S/C15H16F3N3O5/c1-4-5-19-20-6-8(15(23)26-3)14(22)9-10(16)7(2)11(17)12(18)13(9)21(24)25/h8H,4-6H2,1-3H3. The topological polar surface area (TPSA) is 111 Å². The molecule has 8 nitrogen and oxygen atoms in total. The molecule has 0 aromatic heterocycles. The number of hydrogen-bond donors (Lipinski definition) is 0. The number of azo groups is 1. The lowest BCUT2D eigenvalue weighted by molar-refractivity contribution is -0.388. The van der Waals surface area contributed by atoms with E-state index in [4.69, 9.17) is 0 Å². The summed E-state index contributed by atoms with van der Waals surface area (Å²) in [4.78, 5) is 34.0. The van der Waals surface area contributed by atoms with E-state index in [9.17, 15) is 32.9 Å². The maximum atomic E-state index is 14.3. The Kier molecular flexibility index (Phi) is 7.35. The molecule has 1 aromatic rings. The Hall–Kier alpha value is -2.85. The number of ether oxygens (including phenoxy) is 1. The number of ketones is 1. The Bertz CT molecular complexity index is 768. The zero-order valence-corrected chi connectivity index (χ0v) is 14.2. The van der Waals surface area contributed by atoms with Crippen LogP contribution in [0.15, 0.2) is 10.2 Å². The van der Waals surface area contributed by atoms with E-state index in [0.29, 0.717) is 13.0 Å². The van der Waals surface area contributed by atoms with Crippen LogP contribution in [-0.2, 0) is 9.53 Å². The molecule has 1 aromatic carbocycles. The monoisotopic (exact) mass is 375 g/mol. The van der Waals surface area contributed by atoms with E-state index < -0.39 is 63.4 Å². The van der Waals surface area contributed by atoms with Gasteiger partial charge in [0.05, 0.1) is 25.1 Å². The van der Waals surface area contributed by atoms with Gasteiger partial charge < -0.3 is 4.74 Å². The number of carbonyl (C=O) groups is 2. The fraction of sp³-hybridized carbons (Fsp3) is 0.467. The number of benzene rings is 1. The van der Waals surface area contributed by atoms with Crippen molar-refractivity contribution in [2.75, 3.05) is 20.2 Å². The van der Waals surface area contributed by atoms with Gasteiger partial charge in [-0.15, -0.1) is 0 Å². The van der Waals surface area contributed by atoms with E-state index in [1.807, 2.05) is 0 Å². The Morgan fingerprint density at radius 3 is 2.31 bits per heavy atom. The predicted octanol–water partition coefficient (Wildman–Crippen LogP) is 3.15. The third-order valence-electron chi connectivity index (χ3n) is 3.43. The molecule has 0 fully saturated rings. The zero-order valence-electron chi connectivity index (χ0n) is 14.2. The van der Waals surface area contributed by atoms with Gasteiger partial charge in [-0.3, -0.25) is 19.7 Å². The molecule has 11 heteroatoms. The molecule has 26 heavy (non-hydrogen) atoms. The molecule has 0 heterocycles. The molecular weight excluding hydrogens is 359 g/mol. The molecule has 0 radical (unpaired) electrons. The van der Waals surface area contributed by atoms with Crippen molar-refractivity contribution in [3.05, 3.63) is 38.7 Å². The zero-order chi connectivity index (χ0) is 20.0. The summed E-state index contributed by atoms with van der Waals surface area (Å²) in [6.07, 6.45) is 0.628. The maximum Gasteiger partial charge on any atom is 0.321 e. The second-order valence-electron chi connectivity index (χ2n) is 5.18. The largest absolute Gasteiger partial charge is 0.468 e. The molecule has 0 aliphatic carbocycles. The molecule has 0 amide bonds. The first-order valence-electron chi connectivity index (χ1n) is 7.45. The van der Waals surface area contributed by atoms with E-state index in [2.05, 4.69) is 15.0 Å². The lowest BCUT2D eigenvalue weighted by atomic mass is 9.94. The average molecular weight is 375 g/mol. The van der Waals surface area contributed by atoms with Crippen molar-refractivity contribution < 1.29 is 32.4 Å². The fourth-order valence-electron chi connectivity index (χ4n) is 2.05. The van der Waals surface area contributed by atoms with Crippen LogP contribution in [0.4, 0.5) is 18.9 Å².